The first-order chi connectivity index (χ1) is 37.6. The first-order valence-corrected chi connectivity index (χ1v) is 28.5. The van der Waals surface area contributed by atoms with E-state index in [4.69, 9.17) is 9.47 Å². The van der Waals surface area contributed by atoms with Crippen LogP contribution < -0.4 is 23.6 Å². The summed E-state index contributed by atoms with van der Waals surface area (Å²) in [5, 5.41) is 30.9. The summed E-state index contributed by atoms with van der Waals surface area (Å²) in [6.45, 7) is 1.40. The van der Waals surface area contributed by atoms with E-state index in [-0.39, 0.29) is 43.3 Å². The highest BCUT2D eigenvalue weighted by molar-refractivity contribution is 7.93. The molecule has 0 aliphatic carbocycles. The normalized spacial score (nSPS) is 11.5. The minimum Gasteiger partial charge on any atom is -0.508 e. The number of thiophene rings is 1. The summed E-state index contributed by atoms with van der Waals surface area (Å²) in [6, 6.07) is 45.2. The lowest BCUT2D eigenvalue weighted by Crippen LogP contribution is -2.18. The van der Waals surface area contributed by atoms with Crippen molar-refractivity contribution in [2.24, 2.45) is 0 Å². The van der Waals surface area contributed by atoms with Gasteiger partial charge in [-0.1, -0.05) is 78.9 Å². The second kappa shape index (κ2) is 22.2. The molecule has 0 aliphatic heterocycles. The maximum Gasteiger partial charge on any atom is 0.347 e. The summed E-state index contributed by atoms with van der Waals surface area (Å²) in [6.07, 6.45) is 0. The van der Waals surface area contributed by atoms with E-state index < -0.39 is 81.9 Å². The van der Waals surface area contributed by atoms with Gasteiger partial charge in [0.15, 0.2) is 5.78 Å². The molecule has 6 N–H and O–H groups in total. The van der Waals surface area contributed by atoms with E-state index in [0.29, 0.717) is 32.0 Å². The van der Waals surface area contributed by atoms with E-state index in [1.165, 1.54) is 67.6 Å². The average molecular weight is 1140 g/mol. The first-order valence-electron chi connectivity index (χ1n) is 23.3. The number of esters is 2. The van der Waals surface area contributed by atoms with E-state index in [1.807, 2.05) is 0 Å². The molecule has 0 bridgehead atoms. The van der Waals surface area contributed by atoms with Gasteiger partial charge in [-0.25, -0.2) is 39.6 Å². The molecule has 8 aromatic carbocycles. The van der Waals surface area contributed by atoms with Crippen molar-refractivity contribution in [1.82, 2.24) is 0 Å². The number of carbonyl (C=O) groups excluding carboxylic acids is 3. The van der Waals surface area contributed by atoms with Gasteiger partial charge >= 0.3 is 17.9 Å². The van der Waals surface area contributed by atoms with Gasteiger partial charge in [-0.15, -0.1) is 11.3 Å². The monoisotopic (exact) mass is 1140 g/mol. The quantitative estimate of drug-likeness (QED) is 0.0265. The Morgan fingerprint density at radius 3 is 1.35 bits per heavy atom. The average Bonchev–Trinajstić information content (AvgIpc) is 3.97. The van der Waals surface area contributed by atoms with Gasteiger partial charge in [0, 0.05) is 23.1 Å². The summed E-state index contributed by atoms with van der Waals surface area (Å²) in [7, 11) is -13.1. The zero-order chi connectivity index (χ0) is 56.2. The van der Waals surface area contributed by atoms with Gasteiger partial charge in [0.1, 0.15) is 39.7 Å². The lowest BCUT2D eigenvalue weighted by molar-refractivity contribution is 0.0680. The Bertz CT molecular complexity index is 4240. The lowest BCUT2D eigenvalue weighted by Gasteiger charge is -2.16. The molecule has 0 amide bonds. The van der Waals surface area contributed by atoms with E-state index in [2.05, 4.69) is 14.2 Å². The number of ketones is 1. The number of aromatic hydroxyl groups is 2. The highest BCUT2D eigenvalue weighted by Crippen LogP contribution is 2.35. The summed E-state index contributed by atoms with van der Waals surface area (Å²) in [5.74, 6) is -6.64. The van der Waals surface area contributed by atoms with Crippen LogP contribution >= 0.6 is 11.3 Å². The smallest absolute Gasteiger partial charge is 0.347 e. The molecule has 0 radical (unpaired) electrons. The van der Waals surface area contributed by atoms with Crippen molar-refractivity contribution in [3.8, 4) is 55.7 Å². The predicted octanol–water partition coefficient (Wildman–Crippen LogP) is 10.9. The van der Waals surface area contributed by atoms with Crippen molar-refractivity contribution in [3.05, 3.63) is 216 Å². The van der Waals surface area contributed by atoms with E-state index in [1.54, 1.807) is 78.9 Å². The molecule has 9 aromatic rings. The number of rotatable bonds is 18. The molecule has 0 unspecified atom stereocenters. The minimum absolute atomic E-state index is 0.0164. The van der Waals surface area contributed by atoms with Gasteiger partial charge in [-0.2, -0.15) is 0 Å². The van der Waals surface area contributed by atoms with Crippen LogP contribution in [0.5, 0.6) is 23.0 Å². The van der Waals surface area contributed by atoms with Crippen molar-refractivity contribution >= 4 is 82.2 Å². The fourth-order valence-corrected chi connectivity index (χ4v) is 12.1. The molecule has 0 fully saturated rings. The van der Waals surface area contributed by atoms with Crippen LogP contribution in [0, 0.1) is 0 Å². The number of carboxylic acid groups (broad SMARTS) is 1. The van der Waals surface area contributed by atoms with Crippen LogP contribution in [0.4, 0.5) is 17.1 Å². The van der Waals surface area contributed by atoms with Crippen molar-refractivity contribution in [1.29, 1.82) is 0 Å². The van der Waals surface area contributed by atoms with Crippen LogP contribution in [0.3, 0.4) is 0 Å². The van der Waals surface area contributed by atoms with Crippen LogP contribution in [0.2, 0.25) is 0 Å². The number of hydrogen-bond acceptors (Lipinski definition) is 15. The van der Waals surface area contributed by atoms with Gasteiger partial charge in [0.2, 0.25) is 0 Å². The molecule has 1 heterocycles. The number of hydrogen-bond donors (Lipinski definition) is 6. The maximum atomic E-state index is 14.2. The van der Waals surface area contributed by atoms with E-state index >= 15 is 0 Å². The van der Waals surface area contributed by atoms with E-state index in [9.17, 15) is 59.8 Å². The number of carbonyl (C=O) groups is 4. The van der Waals surface area contributed by atoms with Gasteiger partial charge in [0.25, 0.3) is 30.1 Å². The molecule has 0 aliphatic rings. The Morgan fingerprint density at radius 2 is 0.861 bits per heavy atom. The number of sulfonamides is 3. The zero-order valence-electron chi connectivity index (χ0n) is 40.8. The molecule has 1 aromatic heterocycles. The van der Waals surface area contributed by atoms with E-state index in [0.717, 1.165) is 71.5 Å². The molecule has 0 spiro atoms. The third-order valence-electron chi connectivity index (χ3n) is 11.8. The number of benzene rings is 8. The minimum atomic E-state index is -4.46. The molecular weight excluding hydrogens is 1090 g/mol. The highest BCUT2D eigenvalue weighted by atomic mass is 32.2. The van der Waals surface area contributed by atoms with Crippen LogP contribution in [-0.4, -0.2) is 64.3 Å². The van der Waals surface area contributed by atoms with Crippen LogP contribution in [0.1, 0.15) is 47.7 Å². The number of Topliss-reactive ketones (excluding diaryl/α,β-unsaturated/α-hetero) is 1. The molecular formula is C57H41N3O15S4. The number of phenols is 2. The molecule has 9 rings (SSSR count). The molecule has 22 heteroatoms. The molecule has 0 saturated heterocycles. The second-order valence-corrected chi connectivity index (χ2v) is 23.4. The van der Waals surface area contributed by atoms with Gasteiger partial charge in [-0.05, 0) is 132 Å². The Labute approximate surface area is 456 Å². The molecule has 0 atom stereocenters. The molecule has 0 saturated carbocycles. The van der Waals surface area contributed by atoms with Gasteiger partial charge < -0.3 is 24.8 Å². The molecule has 398 valence electrons. The third-order valence-corrected chi connectivity index (χ3v) is 17.1. The summed E-state index contributed by atoms with van der Waals surface area (Å²) < 4.78 is 101. The SMILES string of the molecule is CC(=O)c1ccc(-c2cccc(S(=O)(=O)Nc3ccc(C(=O)Oc4cc(NS(=O)(=O)c5cccc(-c6ccccc6)c5)ccc4C(=O)O)c(OC(=O)c4ccc(NS(=O)(=O)c5cccc(-c6ccc(O)cc6)c5)cc4O)c3)c2)s1. The summed E-state index contributed by atoms with van der Waals surface area (Å²) in [4.78, 5) is 53.1. The number of anilines is 3. The number of aromatic carboxylic acids is 1. The van der Waals surface area contributed by atoms with Crippen LogP contribution in [0.15, 0.2) is 209 Å². The standard InChI is InChI=1S/C57H41N3O15S4/c1-34(61)53-26-27-54(76-53)39-12-7-15-46(30-39)79(72,73)60-42-20-25-49(57(67)74-51-32-41(19-24-48(51)55(64)65)59-78(70,71)44-13-5-10-37(28-44)35-8-3-2-4-9-35)52(33-42)75-56(66)47-23-18-40(31-50(47)63)58-77(68,69)45-14-6-11-38(29-45)36-16-21-43(62)22-17-36/h2-33,58-60,62-63H,1H3,(H,64,65). The van der Waals surface area contributed by atoms with Crippen LogP contribution in [-0.2, 0) is 30.1 Å². The Balaban J connectivity index is 1.01. The van der Waals surface area contributed by atoms with Gasteiger partial charge in [-0.3, -0.25) is 19.0 Å². The third kappa shape index (κ3) is 12.5. The topological polar surface area (TPSA) is 286 Å². The summed E-state index contributed by atoms with van der Waals surface area (Å²) in [5.41, 5.74) is 0.472. The van der Waals surface area contributed by atoms with Gasteiger partial charge in [0.05, 0.1) is 36.6 Å². The number of ether oxygens (including phenoxy) is 2. The highest BCUT2D eigenvalue weighted by Gasteiger charge is 2.27. The Kier molecular flexibility index (Phi) is 15.2. The Morgan fingerprint density at radius 1 is 0.430 bits per heavy atom. The predicted molar refractivity (Wildman–Crippen MR) is 295 cm³/mol. The Hall–Kier alpha value is -9.61. The number of phenolic OH excluding ortho intramolecular Hbond substituents is 2. The number of carboxylic acids is 1. The number of nitrogens with one attached hydrogen (secondary N) is 3. The largest absolute Gasteiger partial charge is 0.508 e. The lowest BCUT2D eigenvalue weighted by atomic mass is 10.1. The zero-order valence-corrected chi connectivity index (χ0v) is 44.1. The van der Waals surface area contributed by atoms with Crippen molar-refractivity contribution in [2.45, 2.75) is 21.6 Å². The summed E-state index contributed by atoms with van der Waals surface area (Å²) >= 11 is 1.16. The fraction of sp³-hybridized carbons (Fsp3) is 0.0175. The molecule has 79 heavy (non-hydrogen) atoms. The van der Waals surface area contributed by atoms with Crippen molar-refractivity contribution < 1.29 is 69.2 Å². The fourth-order valence-electron chi connectivity index (χ4n) is 7.87. The second-order valence-electron chi connectivity index (χ2n) is 17.3. The van der Waals surface area contributed by atoms with Crippen molar-refractivity contribution in [2.75, 3.05) is 14.2 Å². The maximum absolute atomic E-state index is 14.2. The van der Waals surface area contributed by atoms with Crippen molar-refractivity contribution in [3.63, 3.8) is 0 Å². The van der Waals surface area contributed by atoms with Crippen LogP contribution in [0.25, 0.3) is 32.7 Å². The molecule has 18 nitrogen and oxygen atoms in total. The first kappa shape index (κ1) is 54.2.